The Morgan fingerprint density at radius 2 is 2.08 bits per heavy atom. The molecule has 2 amide bonds. The molecule has 1 atom stereocenters. The minimum Gasteiger partial charge on any atom is -0.273 e. The van der Waals surface area contributed by atoms with Crippen LogP contribution >= 0.6 is 11.3 Å². The van der Waals surface area contributed by atoms with Crippen LogP contribution < -0.4 is 10.9 Å². The Hall–Kier alpha value is -2.21. The molecule has 0 radical (unpaired) electrons. The molecule has 0 spiro atoms. The van der Waals surface area contributed by atoms with Gasteiger partial charge < -0.3 is 0 Å². The SMILES string of the molecule is C[C@H]1CCc2sc(C(=O)NNC(=O)Cc3ccccc3F)cc2C1. The summed E-state index contributed by atoms with van der Waals surface area (Å²) in [5.74, 6) is -0.574. The summed E-state index contributed by atoms with van der Waals surface area (Å²) in [6.45, 7) is 2.21. The van der Waals surface area contributed by atoms with Gasteiger partial charge in [-0.1, -0.05) is 25.1 Å². The van der Waals surface area contributed by atoms with Crippen LogP contribution in [0, 0.1) is 11.7 Å². The first-order valence-corrected chi connectivity index (χ1v) is 8.78. The van der Waals surface area contributed by atoms with E-state index in [1.54, 1.807) is 18.2 Å². The molecule has 4 nitrogen and oxygen atoms in total. The summed E-state index contributed by atoms with van der Waals surface area (Å²) in [5.41, 5.74) is 6.29. The Labute approximate surface area is 144 Å². The van der Waals surface area contributed by atoms with Crippen molar-refractivity contribution in [1.82, 2.24) is 10.9 Å². The Morgan fingerprint density at radius 3 is 2.88 bits per heavy atom. The van der Waals surface area contributed by atoms with Crippen molar-refractivity contribution >= 4 is 23.2 Å². The molecule has 1 aromatic heterocycles. The van der Waals surface area contributed by atoms with Crippen molar-refractivity contribution in [2.75, 3.05) is 0 Å². The average molecular weight is 346 g/mol. The van der Waals surface area contributed by atoms with Crippen LogP contribution in [0.25, 0.3) is 0 Å². The highest BCUT2D eigenvalue weighted by molar-refractivity contribution is 7.14. The number of nitrogens with one attached hydrogen (secondary N) is 2. The van der Waals surface area contributed by atoms with Crippen molar-refractivity contribution in [1.29, 1.82) is 0 Å². The molecule has 0 aliphatic heterocycles. The maximum atomic E-state index is 13.5. The molecule has 1 aliphatic carbocycles. The number of halogens is 1. The zero-order valence-corrected chi connectivity index (χ0v) is 14.2. The Balaban J connectivity index is 1.56. The summed E-state index contributed by atoms with van der Waals surface area (Å²) in [6, 6.07) is 8.00. The number of fused-ring (bicyclic) bond motifs is 1. The van der Waals surface area contributed by atoms with E-state index in [4.69, 9.17) is 0 Å². The van der Waals surface area contributed by atoms with E-state index < -0.39 is 11.7 Å². The second-order valence-corrected chi connectivity index (χ2v) is 7.31. The fraction of sp³-hybridized carbons (Fsp3) is 0.333. The first-order chi connectivity index (χ1) is 11.5. The fourth-order valence-electron chi connectivity index (χ4n) is 2.86. The summed E-state index contributed by atoms with van der Waals surface area (Å²) in [4.78, 5) is 25.9. The van der Waals surface area contributed by atoms with Crippen molar-refractivity contribution in [3.05, 3.63) is 57.0 Å². The van der Waals surface area contributed by atoms with Crippen molar-refractivity contribution in [2.45, 2.75) is 32.6 Å². The summed E-state index contributed by atoms with van der Waals surface area (Å²) in [7, 11) is 0. The summed E-state index contributed by atoms with van der Waals surface area (Å²) >= 11 is 1.48. The topological polar surface area (TPSA) is 58.2 Å². The average Bonchev–Trinajstić information content (AvgIpc) is 2.98. The molecule has 0 unspecified atom stereocenters. The van der Waals surface area contributed by atoms with Crippen LogP contribution in [0.2, 0.25) is 0 Å². The predicted molar refractivity (Wildman–Crippen MR) is 91.2 cm³/mol. The number of hydrogen-bond acceptors (Lipinski definition) is 3. The molecule has 0 bridgehead atoms. The number of carbonyl (C=O) groups is 2. The van der Waals surface area contributed by atoms with Crippen LogP contribution in [-0.2, 0) is 24.1 Å². The Kier molecular flexibility index (Phi) is 4.94. The van der Waals surface area contributed by atoms with E-state index in [0.717, 1.165) is 19.3 Å². The molecule has 0 saturated carbocycles. The molecule has 2 aromatic rings. The highest BCUT2D eigenvalue weighted by Gasteiger charge is 2.21. The molecule has 24 heavy (non-hydrogen) atoms. The summed E-state index contributed by atoms with van der Waals surface area (Å²) < 4.78 is 13.5. The first kappa shape index (κ1) is 16.6. The standard InChI is InChI=1S/C18H19FN2O2S/c1-11-6-7-15-13(8-11)9-16(24-15)18(23)21-20-17(22)10-12-4-2-3-5-14(12)19/h2-5,9,11H,6-8,10H2,1H3,(H,20,22)(H,21,23)/t11-/m0/s1. The zero-order valence-electron chi connectivity index (χ0n) is 13.4. The van der Waals surface area contributed by atoms with Crippen LogP contribution in [0.5, 0.6) is 0 Å². The monoisotopic (exact) mass is 346 g/mol. The number of benzene rings is 1. The highest BCUT2D eigenvalue weighted by atomic mass is 32.1. The van der Waals surface area contributed by atoms with Gasteiger partial charge in [0.05, 0.1) is 11.3 Å². The minimum atomic E-state index is -0.455. The lowest BCUT2D eigenvalue weighted by Gasteiger charge is -2.16. The van der Waals surface area contributed by atoms with Gasteiger partial charge in [-0.15, -0.1) is 11.3 Å². The van der Waals surface area contributed by atoms with E-state index in [2.05, 4.69) is 17.8 Å². The number of carbonyl (C=O) groups excluding carboxylic acids is 2. The van der Waals surface area contributed by atoms with E-state index in [9.17, 15) is 14.0 Å². The van der Waals surface area contributed by atoms with Crippen LogP contribution in [0.4, 0.5) is 4.39 Å². The molecule has 1 heterocycles. The van der Waals surface area contributed by atoms with E-state index in [1.165, 1.54) is 27.8 Å². The molecule has 0 saturated heterocycles. The third kappa shape index (κ3) is 3.82. The van der Waals surface area contributed by atoms with Crippen molar-refractivity contribution < 1.29 is 14.0 Å². The van der Waals surface area contributed by atoms with Crippen LogP contribution in [0.1, 0.15) is 39.0 Å². The lowest BCUT2D eigenvalue weighted by atomic mass is 9.90. The number of hydrazine groups is 1. The largest absolute Gasteiger partial charge is 0.279 e. The van der Waals surface area contributed by atoms with Crippen molar-refractivity contribution in [3.63, 3.8) is 0 Å². The minimum absolute atomic E-state index is 0.120. The number of aryl methyl sites for hydroxylation is 1. The van der Waals surface area contributed by atoms with Crippen LogP contribution in [-0.4, -0.2) is 11.8 Å². The highest BCUT2D eigenvalue weighted by Crippen LogP contribution is 2.32. The van der Waals surface area contributed by atoms with Gasteiger partial charge in [-0.25, -0.2) is 4.39 Å². The van der Waals surface area contributed by atoms with Gasteiger partial charge in [-0.05, 0) is 48.4 Å². The Morgan fingerprint density at radius 1 is 1.29 bits per heavy atom. The lowest BCUT2D eigenvalue weighted by molar-refractivity contribution is -0.121. The maximum absolute atomic E-state index is 13.5. The van der Waals surface area contributed by atoms with Gasteiger partial charge in [-0.3, -0.25) is 20.4 Å². The van der Waals surface area contributed by atoms with Gasteiger partial charge in [0.1, 0.15) is 5.82 Å². The van der Waals surface area contributed by atoms with Gasteiger partial charge in [-0.2, -0.15) is 0 Å². The number of hydrogen-bond donors (Lipinski definition) is 2. The number of amides is 2. The second-order valence-electron chi connectivity index (χ2n) is 6.18. The molecule has 126 valence electrons. The lowest BCUT2D eigenvalue weighted by Crippen LogP contribution is -2.42. The first-order valence-electron chi connectivity index (χ1n) is 7.97. The van der Waals surface area contributed by atoms with Crippen molar-refractivity contribution in [2.24, 2.45) is 5.92 Å². The van der Waals surface area contributed by atoms with Crippen LogP contribution in [0.15, 0.2) is 30.3 Å². The molecule has 2 N–H and O–H groups in total. The molecule has 1 aromatic carbocycles. The number of thiophene rings is 1. The van der Waals surface area contributed by atoms with Crippen molar-refractivity contribution in [3.8, 4) is 0 Å². The predicted octanol–water partition coefficient (Wildman–Crippen LogP) is 3.02. The van der Waals surface area contributed by atoms with Crippen LogP contribution in [0.3, 0.4) is 0 Å². The van der Waals surface area contributed by atoms with E-state index in [-0.39, 0.29) is 12.3 Å². The Bertz CT molecular complexity index is 772. The smallest absolute Gasteiger partial charge is 0.273 e. The second kappa shape index (κ2) is 7.13. The third-order valence-corrected chi connectivity index (χ3v) is 5.41. The quantitative estimate of drug-likeness (QED) is 0.840. The number of rotatable bonds is 3. The van der Waals surface area contributed by atoms with Gasteiger partial charge in [0.25, 0.3) is 5.91 Å². The van der Waals surface area contributed by atoms with Gasteiger partial charge in [0.2, 0.25) is 5.91 Å². The third-order valence-electron chi connectivity index (χ3n) is 4.18. The molecular weight excluding hydrogens is 327 g/mol. The molecule has 0 fully saturated rings. The molecule has 6 heteroatoms. The normalized spacial score (nSPS) is 16.3. The molecule has 1 aliphatic rings. The van der Waals surface area contributed by atoms with Gasteiger partial charge in [0.15, 0.2) is 0 Å². The van der Waals surface area contributed by atoms with Gasteiger partial charge >= 0.3 is 0 Å². The van der Waals surface area contributed by atoms with E-state index in [0.29, 0.717) is 16.4 Å². The molecular formula is C18H19FN2O2S. The summed E-state index contributed by atoms with van der Waals surface area (Å²) in [6.07, 6.45) is 3.03. The van der Waals surface area contributed by atoms with Gasteiger partial charge in [0, 0.05) is 4.88 Å². The maximum Gasteiger partial charge on any atom is 0.279 e. The summed E-state index contributed by atoms with van der Waals surface area (Å²) in [5, 5.41) is 0. The zero-order chi connectivity index (χ0) is 17.1. The van der Waals surface area contributed by atoms with E-state index >= 15 is 0 Å². The fourth-order valence-corrected chi connectivity index (χ4v) is 3.97. The molecule has 3 rings (SSSR count). The van der Waals surface area contributed by atoms with E-state index in [1.807, 2.05) is 6.07 Å².